The number of ketones is 2. The van der Waals surface area contributed by atoms with Crippen molar-refractivity contribution in [3.05, 3.63) is 11.6 Å². The summed E-state index contributed by atoms with van der Waals surface area (Å²) in [6.45, 7) is 13.9. The van der Waals surface area contributed by atoms with E-state index in [1.807, 2.05) is 27.7 Å². The van der Waals surface area contributed by atoms with Gasteiger partial charge in [-0.1, -0.05) is 32.4 Å². The maximum atomic E-state index is 13.4. The molecule has 4 aliphatic carbocycles. The molecule has 8 heteroatoms. The molecule has 3 fully saturated rings. The van der Waals surface area contributed by atoms with Crippen LogP contribution in [-0.4, -0.2) is 77.8 Å². The molecular weight excluding hydrogens is 488 g/mol. The predicted octanol–water partition coefficient (Wildman–Crippen LogP) is 1.92. The van der Waals surface area contributed by atoms with Crippen LogP contribution in [0, 0.1) is 39.4 Å². The molecule has 0 radical (unpaired) electrons. The molecule has 0 amide bonds. The van der Waals surface area contributed by atoms with Crippen LogP contribution in [0.25, 0.3) is 0 Å². The van der Waals surface area contributed by atoms with Gasteiger partial charge < -0.3 is 30.6 Å². The molecule has 3 unspecified atom stereocenters. The first-order valence-electron chi connectivity index (χ1n) is 14.0. The number of hydrogen-bond donors (Lipinski definition) is 6. The van der Waals surface area contributed by atoms with Crippen LogP contribution < -0.4 is 0 Å². The van der Waals surface area contributed by atoms with E-state index in [0.717, 1.165) is 5.57 Å². The number of rotatable bonds is 5. The molecule has 0 spiro atoms. The first-order chi connectivity index (χ1) is 17.1. The van der Waals surface area contributed by atoms with Gasteiger partial charge in [0, 0.05) is 23.2 Å². The van der Waals surface area contributed by atoms with Crippen LogP contribution >= 0.6 is 0 Å². The highest BCUT2D eigenvalue weighted by Gasteiger charge is 2.74. The first-order valence-corrected chi connectivity index (χ1v) is 14.0. The van der Waals surface area contributed by atoms with Crippen LogP contribution in [0.4, 0.5) is 0 Å². The number of aliphatic hydroxyl groups excluding tert-OH is 4. The fourth-order valence-electron chi connectivity index (χ4n) is 9.48. The van der Waals surface area contributed by atoms with Crippen molar-refractivity contribution >= 4 is 11.6 Å². The summed E-state index contributed by atoms with van der Waals surface area (Å²) < 4.78 is 0. The van der Waals surface area contributed by atoms with Crippen LogP contribution in [0.2, 0.25) is 0 Å². The van der Waals surface area contributed by atoms with Crippen molar-refractivity contribution in [1.29, 1.82) is 0 Å². The molecule has 0 aliphatic heterocycles. The van der Waals surface area contributed by atoms with Crippen LogP contribution in [-0.2, 0) is 9.59 Å². The van der Waals surface area contributed by atoms with Gasteiger partial charge in [-0.05, 0) is 83.0 Å². The van der Waals surface area contributed by atoms with Crippen LogP contribution in [0.5, 0.6) is 0 Å². The van der Waals surface area contributed by atoms with Gasteiger partial charge in [-0.15, -0.1) is 0 Å². The lowest BCUT2D eigenvalue weighted by Gasteiger charge is -2.67. The fourth-order valence-corrected chi connectivity index (χ4v) is 9.48. The molecule has 0 saturated heterocycles. The maximum absolute atomic E-state index is 13.4. The zero-order valence-electron chi connectivity index (χ0n) is 24.2. The number of Topliss-reactive ketones (excluding diaryl/α,β-unsaturated/α-hetero) is 2. The molecule has 4 aliphatic rings. The second kappa shape index (κ2) is 8.67. The molecule has 6 N–H and O–H groups in total. The first kappa shape index (κ1) is 29.8. The lowest BCUT2D eigenvalue weighted by molar-refractivity contribution is -0.216. The van der Waals surface area contributed by atoms with Gasteiger partial charge in [0.2, 0.25) is 0 Å². The van der Waals surface area contributed by atoms with E-state index in [0.29, 0.717) is 12.8 Å². The van der Waals surface area contributed by atoms with Gasteiger partial charge in [-0.3, -0.25) is 9.59 Å². The van der Waals surface area contributed by atoms with Gasteiger partial charge in [-0.25, -0.2) is 0 Å². The Hall–Kier alpha value is -1.16. The topological polar surface area (TPSA) is 156 Å². The van der Waals surface area contributed by atoms with Gasteiger partial charge in [0.05, 0.1) is 23.9 Å². The summed E-state index contributed by atoms with van der Waals surface area (Å²) in [7, 11) is 0. The standard InChI is InChI=1S/C30H48O8/c1-25(2)15-9-10-19-27(5)13-18(32)23(30(8,38)21(34)12-20(33)26(3,4)37)28(27,6)14-22(35)29(19,7)16(15)11-17(31)24(25)36/h9,16-20,22-23,31-33,35,37-38H,10-14H2,1-8H3/t16-,17+,18-,19+,20?,22?,23+,27+,28-,29+,30?/m1/s1. The molecule has 3 saturated carbocycles. The zero-order chi connectivity index (χ0) is 29.0. The van der Waals surface area contributed by atoms with Gasteiger partial charge in [0.25, 0.3) is 0 Å². The Labute approximate surface area is 226 Å². The molecule has 0 aromatic heterocycles. The molecule has 0 aromatic rings. The van der Waals surface area contributed by atoms with Gasteiger partial charge in [-0.2, -0.15) is 0 Å². The Morgan fingerprint density at radius 2 is 1.61 bits per heavy atom. The quantitative estimate of drug-likeness (QED) is 0.291. The molecule has 0 bridgehead atoms. The Morgan fingerprint density at radius 1 is 1.03 bits per heavy atom. The van der Waals surface area contributed by atoms with E-state index in [9.17, 15) is 40.2 Å². The lowest BCUT2D eigenvalue weighted by Crippen LogP contribution is -2.66. The monoisotopic (exact) mass is 536 g/mol. The zero-order valence-corrected chi connectivity index (χ0v) is 24.2. The number of fused-ring (bicyclic) bond motifs is 5. The van der Waals surface area contributed by atoms with E-state index in [1.54, 1.807) is 0 Å². The van der Waals surface area contributed by atoms with E-state index < -0.39 is 75.4 Å². The highest BCUT2D eigenvalue weighted by atomic mass is 16.3. The summed E-state index contributed by atoms with van der Waals surface area (Å²) in [6.07, 6.45) is -1.41. The third-order valence-corrected chi connectivity index (χ3v) is 12.0. The summed E-state index contributed by atoms with van der Waals surface area (Å²) >= 11 is 0. The summed E-state index contributed by atoms with van der Waals surface area (Å²) in [6, 6.07) is 0. The summed E-state index contributed by atoms with van der Waals surface area (Å²) in [5.74, 6) is -2.13. The van der Waals surface area contributed by atoms with Crippen LogP contribution in [0.15, 0.2) is 11.6 Å². The SMILES string of the molecule is CC1(C)C(=O)[C@@H](O)C[C@@H]2C1=CC[C@@H]1[C@@]2(C)C(O)C[C@]2(C)[C@@H](C(C)(O)C(=O)CC(O)C(C)(C)O)[C@H](O)C[C@@]12C. The Bertz CT molecular complexity index is 1040. The summed E-state index contributed by atoms with van der Waals surface area (Å²) in [5.41, 5.74) is -5.52. The van der Waals surface area contributed by atoms with Crippen LogP contribution in [0.3, 0.4) is 0 Å². The predicted molar refractivity (Wildman–Crippen MR) is 141 cm³/mol. The van der Waals surface area contributed by atoms with Gasteiger partial charge in [0.1, 0.15) is 11.7 Å². The fraction of sp³-hybridized carbons (Fsp3) is 0.867. The summed E-state index contributed by atoms with van der Waals surface area (Å²) in [4.78, 5) is 26.2. The number of hydrogen-bond acceptors (Lipinski definition) is 8. The average molecular weight is 537 g/mol. The van der Waals surface area contributed by atoms with Crippen molar-refractivity contribution in [2.24, 2.45) is 39.4 Å². The largest absolute Gasteiger partial charge is 0.393 e. The van der Waals surface area contributed by atoms with E-state index in [1.165, 1.54) is 20.8 Å². The third kappa shape index (κ3) is 3.77. The van der Waals surface area contributed by atoms with Crippen molar-refractivity contribution < 1.29 is 40.2 Å². The third-order valence-electron chi connectivity index (χ3n) is 12.0. The minimum absolute atomic E-state index is 0.138. The average Bonchev–Trinajstić information content (AvgIpc) is 2.97. The van der Waals surface area contributed by atoms with E-state index in [4.69, 9.17) is 0 Å². The maximum Gasteiger partial charge on any atom is 0.170 e. The van der Waals surface area contributed by atoms with Crippen molar-refractivity contribution in [2.45, 2.75) is 123 Å². The van der Waals surface area contributed by atoms with Gasteiger partial charge in [0.15, 0.2) is 11.6 Å². The van der Waals surface area contributed by atoms with Crippen molar-refractivity contribution in [3.63, 3.8) is 0 Å². The second-order valence-corrected chi connectivity index (χ2v) is 14.9. The molecule has 11 atom stereocenters. The number of allylic oxidation sites excluding steroid dienone is 2. The Balaban J connectivity index is 1.76. The highest BCUT2D eigenvalue weighted by molar-refractivity contribution is 5.92. The van der Waals surface area contributed by atoms with Crippen LogP contribution in [0.1, 0.15) is 87.5 Å². The molecular formula is C30H48O8. The second-order valence-electron chi connectivity index (χ2n) is 14.9. The summed E-state index contributed by atoms with van der Waals surface area (Å²) in [5, 5.41) is 66.3. The minimum atomic E-state index is -2.00. The minimum Gasteiger partial charge on any atom is -0.393 e. The molecule has 0 heterocycles. The molecule has 4 rings (SSSR count). The molecule has 8 nitrogen and oxygen atoms in total. The molecule has 0 aromatic carbocycles. The lowest BCUT2D eigenvalue weighted by atomic mass is 9.38. The highest BCUT2D eigenvalue weighted by Crippen LogP contribution is 2.75. The number of carbonyl (C=O) groups is 2. The van der Waals surface area contributed by atoms with E-state index in [-0.39, 0.29) is 30.5 Å². The van der Waals surface area contributed by atoms with E-state index in [2.05, 4.69) is 13.0 Å². The number of carbonyl (C=O) groups excluding carboxylic acids is 2. The Kier molecular flexibility index (Phi) is 6.80. The normalized spacial score (nSPS) is 46.8. The van der Waals surface area contributed by atoms with Crippen molar-refractivity contribution in [2.75, 3.05) is 0 Å². The van der Waals surface area contributed by atoms with Crippen molar-refractivity contribution in [3.8, 4) is 0 Å². The number of aliphatic hydroxyl groups is 6. The molecule has 38 heavy (non-hydrogen) atoms. The molecule has 216 valence electrons. The Morgan fingerprint density at radius 3 is 2.16 bits per heavy atom. The van der Waals surface area contributed by atoms with Gasteiger partial charge >= 0.3 is 0 Å². The van der Waals surface area contributed by atoms with E-state index >= 15 is 0 Å². The smallest absolute Gasteiger partial charge is 0.170 e. The van der Waals surface area contributed by atoms with Crippen molar-refractivity contribution in [1.82, 2.24) is 0 Å².